The van der Waals surface area contributed by atoms with Crippen molar-refractivity contribution in [2.45, 2.75) is 38.3 Å². The van der Waals surface area contributed by atoms with E-state index in [-0.39, 0.29) is 65.9 Å². The fourth-order valence-electron chi connectivity index (χ4n) is 7.80. The van der Waals surface area contributed by atoms with Crippen LogP contribution in [0, 0.1) is 11.6 Å². The number of nitrogens with zero attached hydrogens (tertiary/aromatic N) is 7. The van der Waals surface area contributed by atoms with E-state index >= 15 is 8.78 Å². The number of pyridine rings is 1. The van der Waals surface area contributed by atoms with Gasteiger partial charge < -0.3 is 34.5 Å². The third-order valence-electron chi connectivity index (χ3n) is 10.9. The lowest BCUT2D eigenvalue weighted by atomic mass is 10.1. The summed E-state index contributed by atoms with van der Waals surface area (Å²) in [5.41, 5.74) is 7.02. The lowest BCUT2D eigenvalue weighted by molar-refractivity contribution is -0.112. The average Bonchev–Trinajstić information content (AvgIpc) is 4.03. The summed E-state index contributed by atoms with van der Waals surface area (Å²) < 4.78 is 50.0. The van der Waals surface area contributed by atoms with Crippen molar-refractivity contribution in [3.05, 3.63) is 97.9 Å². The number of methoxy groups -OCH3 is 3. The number of nitrogen functional groups attached to an aromatic ring is 1. The second-order valence-corrected chi connectivity index (χ2v) is 15.1. The number of aromatic nitrogens is 3. The van der Waals surface area contributed by atoms with Gasteiger partial charge in [-0.2, -0.15) is 4.98 Å². The highest BCUT2D eigenvalue weighted by Gasteiger charge is 2.38. The molecule has 3 aromatic carbocycles. The molecular formula is C41H39ClF2N8O7. The minimum atomic E-state index is -1.46. The second kappa shape index (κ2) is 15.4. The van der Waals surface area contributed by atoms with E-state index in [0.29, 0.717) is 64.9 Å². The van der Waals surface area contributed by atoms with E-state index in [1.165, 1.54) is 25.9 Å². The lowest BCUT2D eigenvalue weighted by Crippen LogP contribution is -2.56. The van der Waals surface area contributed by atoms with Gasteiger partial charge in [-0.3, -0.25) is 19.4 Å². The number of rotatable bonds is 11. The molecule has 5 aromatic rings. The first kappa shape index (κ1) is 39.5. The van der Waals surface area contributed by atoms with Gasteiger partial charge in [-0.25, -0.2) is 23.6 Å². The second-order valence-electron chi connectivity index (χ2n) is 14.6. The Labute approximate surface area is 341 Å². The summed E-state index contributed by atoms with van der Waals surface area (Å²) in [6.07, 6.45) is 4.40. The zero-order chi connectivity index (χ0) is 41.9. The normalized spacial score (nSPS) is 17.5. The van der Waals surface area contributed by atoms with Crippen LogP contribution in [-0.2, 0) is 11.2 Å². The van der Waals surface area contributed by atoms with Gasteiger partial charge >= 0.3 is 5.97 Å². The van der Waals surface area contributed by atoms with Crippen LogP contribution in [0.5, 0.6) is 17.2 Å². The van der Waals surface area contributed by atoms with Gasteiger partial charge in [-0.1, -0.05) is 11.6 Å². The molecule has 4 heterocycles. The van der Waals surface area contributed by atoms with E-state index in [9.17, 15) is 19.5 Å². The van der Waals surface area contributed by atoms with Crippen LogP contribution >= 0.6 is 11.6 Å². The van der Waals surface area contributed by atoms with Crippen LogP contribution in [0.4, 0.5) is 31.9 Å². The molecule has 59 heavy (non-hydrogen) atoms. The fraction of sp³-hybridized carbons (Fsp3) is 0.317. The van der Waals surface area contributed by atoms with Gasteiger partial charge in [0.25, 0.3) is 11.9 Å². The molecule has 1 unspecified atom stereocenters. The number of carboxylic acid groups (broad SMARTS) is 1. The largest absolute Gasteiger partial charge is 0.493 e. The molecule has 0 bridgehead atoms. The Hall–Kier alpha value is -6.33. The van der Waals surface area contributed by atoms with Gasteiger partial charge in [0.2, 0.25) is 11.2 Å². The van der Waals surface area contributed by atoms with Crippen LogP contribution in [0.3, 0.4) is 0 Å². The summed E-state index contributed by atoms with van der Waals surface area (Å²) in [6.45, 7) is 2.71. The summed E-state index contributed by atoms with van der Waals surface area (Å²) in [5, 5.41) is 9.67. The molecular weight excluding hydrogens is 790 g/mol. The molecule has 2 fully saturated rings. The van der Waals surface area contributed by atoms with Gasteiger partial charge in [-0.15, -0.1) is 0 Å². The molecule has 0 spiro atoms. The topological polar surface area (TPSA) is 178 Å². The number of anilines is 3. The number of carboxylic acids is 1. The fourth-order valence-corrected chi connectivity index (χ4v) is 7.97. The number of benzene rings is 3. The number of hydrogen-bond donors (Lipinski definition) is 2. The van der Waals surface area contributed by atoms with Crippen LogP contribution in [0.15, 0.2) is 58.6 Å². The predicted octanol–water partition coefficient (Wildman–Crippen LogP) is 5.59. The first-order chi connectivity index (χ1) is 28.3. The van der Waals surface area contributed by atoms with Gasteiger partial charge in [-0.05, 0) is 61.7 Å². The minimum absolute atomic E-state index is 0.0278. The molecule has 3 N–H and O–H groups in total. The van der Waals surface area contributed by atoms with E-state index in [4.69, 9.17) is 31.5 Å². The van der Waals surface area contributed by atoms with Crippen LogP contribution in [0.2, 0.25) is 5.02 Å². The summed E-state index contributed by atoms with van der Waals surface area (Å²) in [4.78, 5) is 57.5. The van der Waals surface area contributed by atoms with Crippen molar-refractivity contribution in [1.82, 2.24) is 19.4 Å². The molecule has 18 heteroatoms. The number of fused-ring (bicyclic) bond motifs is 2. The third-order valence-corrected chi connectivity index (χ3v) is 11.2. The number of amides is 1. The molecule has 0 radical (unpaired) electrons. The molecule has 1 saturated heterocycles. The Balaban J connectivity index is 1.03. The maximum absolute atomic E-state index is 16.4. The van der Waals surface area contributed by atoms with E-state index in [2.05, 4.69) is 15.0 Å². The monoisotopic (exact) mass is 828 g/mol. The van der Waals surface area contributed by atoms with Crippen molar-refractivity contribution in [2.24, 2.45) is 4.99 Å². The first-order valence-electron chi connectivity index (χ1n) is 18.7. The average molecular weight is 829 g/mol. The van der Waals surface area contributed by atoms with Crippen LogP contribution in [0.25, 0.3) is 10.9 Å². The summed E-state index contributed by atoms with van der Waals surface area (Å²) >= 11 is 6.40. The number of carbonyl (C=O) groups excluding carboxylic acids is 1. The quantitative estimate of drug-likeness (QED) is 0.169. The van der Waals surface area contributed by atoms with Crippen molar-refractivity contribution >= 4 is 63.2 Å². The molecule has 1 saturated carbocycles. The number of piperazine rings is 1. The van der Waals surface area contributed by atoms with E-state index in [1.54, 1.807) is 46.3 Å². The van der Waals surface area contributed by atoms with Crippen LogP contribution < -0.4 is 35.2 Å². The molecule has 15 nitrogen and oxygen atoms in total. The summed E-state index contributed by atoms with van der Waals surface area (Å²) in [6, 6.07) is 9.09. The zero-order valence-corrected chi connectivity index (χ0v) is 33.2. The van der Waals surface area contributed by atoms with Gasteiger partial charge in [0.05, 0.1) is 44.6 Å². The first-order valence-corrected chi connectivity index (χ1v) is 19.1. The van der Waals surface area contributed by atoms with Gasteiger partial charge in [0.15, 0.2) is 17.3 Å². The highest BCUT2D eigenvalue weighted by Crippen LogP contribution is 2.41. The Kier molecular flexibility index (Phi) is 10.3. The molecule has 8 rings (SSSR count). The SMILES string of the molecule is COc1cc(Cc2cnc(N=C3C(=O)N(CN4CCN(c5c(F)cc6c(=O)c(C(=O)O)cn(C7CC7)c6c5F)CC4C)c4ccc(Cl)cc43)nc2N)cc(OC)c1OC. The maximum Gasteiger partial charge on any atom is 0.341 e. The highest BCUT2D eigenvalue weighted by atomic mass is 35.5. The minimum Gasteiger partial charge on any atom is -0.493 e. The van der Waals surface area contributed by atoms with Crippen molar-refractivity contribution in [1.29, 1.82) is 0 Å². The Morgan fingerprint density at radius 2 is 1.78 bits per heavy atom. The van der Waals surface area contributed by atoms with Crippen molar-refractivity contribution in [3.8, 4) is 17.2 Å². The molecule has 3 aliphatic rings. The number of halogens is 3. The number of hydrogen-bond acceptors (Lipinski definition) is 12. The predicted molar refractivity (Wildman–Crippen MR) is 217 cm³/mol. The number of aliphatic imine (C=N–C) groups is 1. The van der Waals surface area contributed by atoms with E-state index in [1.807, 2.05) is 11.8 Å². The highest BCUT2D eigenvalue weighted by molar-refractivity contribution is 6.55. The Morgan fingerprint density at radius 3 is 2.41 bits per heavy atom. The van der Waals surface area contributed by atoms with E-state index in [0.717, 1.165) is 17.8 Å². The lowest BCUT2D eigenvalue weighted by Gasteiger charge is -2.42. The van der Waals surface area contributed by atoms with Gasteiger partial charge in [0.1, 0.15) is 28.6 Å². The van der Waals surface area contributed by atoms with E-state index < -0.39 is 34.5 Å². The standard InChI is InChI=1S/C41H39ClF2N8O7/c1-20-17-49(35-28(43)15-26-34(32(35)44)51(24-6-7-24)18-27(36(26)53)40(55)56)9-10-50(20)19-52-29-8-5-23(42)14-25(29)33(39(52)54)47-41-46-16-22(38(45)48-41)11-21-12-30(57-2)37(59-4)31(13-21)58-3/h5,8,12-16,18,20,24H,6-7,9-11,17,19H2,1-4H3,(H,55,56)(H2,45,46,48). The molecule has 306 valence electrons. The summed E-state index contributed by atoms with van der Waals surface area (Å²) in [7, 11) is 4.58. The van der Waals surface area contributed by atoms with Gasteiger partial charge in [0, 0.05) is 66.7 Å². The molecule has 1 atom stereocenters. The number of nitrogens with two attached hydrogens (primary N) is 1. The smallest absolute Gasteiger partial charge is 0.341 e. The zero-order valence-electron chi connectivity index (χ0n) is 32.5. The number of carbonyl (C=O) groups is 2. The third kappa shape index (κ3) is 7.13. The molecule has 2 aromatic heterocycles. The molecule has 2 aliphatic heterocycles. The molecule has 1 aliphatic carbocycles. The Morgan fingerprint density at radius 1 is 1.05 bits per heavy atom. The number of aromatic carboxylic acids is 1. The maximum atomic E-state index is 16.4. The van der Waals surface area contributed by atoms with Crippen LogP contribution in [-0.4, -0.2) is 95.8 Å². The van der Waals surface area contributed by atoms with Crippen molar-refractivity contribution in [3.63, 3.8) is 0 Å². The van der Waals surface area contributed by atoms with Crippen LogP contribution in [0.1, 0.15) is 52.9 Å². The molecule has 1 amide bonds. The number of ether oxygens (including phenoxy) is 3. The van der Waals surface area contributed by atoms with Crippen molar-refractivity contribution in [2.75, 3.05) is 63.2 Å². The summed E-state index contributed by atoms with van der Waals surface area (Å²) in [5.74, 6) is -2.21. The Bertz CT molecular complexity index is 2630. The van der Waals surface area contributed by atoms with Crippen molar-refractivity contribution < 1.29 is 37.7 Å².